The number of nitrogens with zero attached hydrogens (tertiary/aromatic N) is 1. The van der Waals surface area contributed by atoms with E-state index in [2.05, 4.69) is 16.0 Å². The number of urea groups is 1. The molecule has 3 N–H and O–H groups in total. The molecule has 1 unspecified atom stereocenters. The van der Waals surface area contributed by atoms with Gasteiger partial charge in [-0.05, 0) is 68.4 Å². The summed E-state index contributed by atoms with van der Waals surface area (Å²) >= 11 is 0. The zero-order chi connectivity index (χ0) is 34.8. The number of halogens is 6. The highest BCUT2D eigenvalue weighted by atomic mass is 19.4. The van der Waals surface area contributed by atoms with Crippen LogP contribution in [-0.4, -0.2) is 59.9 Å². The fourth-order valence-corrected chi connectivity index (χ4v) is 6.69. The summed E-state index contributed by atoms with van der Waals surface area (Å²) in [5.41, 5.74) is -2.24. The molecule has 48 heavy (non-hydrogen) atoms. The van der Waals surface area contributed by atoms with E-state index in [1.165, 1.54) is 6.92 Å². The SMILES string of the molecule is C[C@@H](O[C@H]1CCN(C(=O)C2CCC(NC(=O)CC3NC(=O)NC3=O)CC2)C[C@H]1c1ccccc1)c1cc(C(F)(F)F)cc(C(F)(F)F)c1. The van der Waals surface area contributed by atoms with Gasteiger partial charge in [0.05, 0.1) is 29.8 Å². The predicted molar refractivity (Wildman–Crippen MR) is 159 cm³/mol. The fraction of sp³-hybridized carbons (Fsp3) is 0.515. The normalized spacial score (nSPS) is 25.6. The summed E-state index contributed by atoms with van der Waals surface area (Å²) in [5.74, 6) is -1.69. The molecule has 3 fully saturated rings. The van der Waals surface area contributed by atoms with Crippen LogP contribution in [0.5, 0.6) is 0 Å². The molecule has 1 saturated carbocycles. The molecular weight excluding hydrogens is 646 g/mol. The van der Waals surface area contributed by atoms with E-state index in [1.807, 2.05) is 30.3 Å². The van der Waals surface area contributed by atoms with Crippen molar-refractivity contribution >= 4 is 23.8 Å². The third kappa shape index (κ3) is 8.47. The summed E-state index contributed by atoms with van der Waals surface area (Å²) in [7, 11) is 0. The van der Waals surface area contributed by atoms with Gasteiger partial charge in [-0.25, -0.2) is 4.79 Å². The molecule has 2 aliphatic heterocycles. The standard InChI is InChI=1S/C33H36F6N4O5/c1-18(21-13-22(32(34,35)36)15-23(14-21)33(37,38)39)48-27-11-12-43(17-25(27)19-5-3-2-4-6-19)30(46)20-7-9-24(10-8-20)40-28(44)16-26-29(45)42-31(47)41-26/h2-6,13-15,18,20,24-27H,7-12,16-17H2,1H3,(H,40,44)(H2,41,42,45,47)/t18-,20?,24?,25+,26?,27+/m1/s1. The number of amides is 5. The van der Waals surface area contributed by atoms with Gasteiger partial charge in [-0.15, -0.1) is 0 Å². The van der Waals surface area contributed by atoms with Crippen LogP contribution in [0.25, 0.3) is 0 Å². The molecule has 2 heterocycles. The van der Waals surface area contributed by atoms with Crippen molar-refractivity contribution in [3.63, 3.8) is 0 Å². The number of imide groups is 1. The molecule has 2 aromatic carbocycles. The van der Waals surface area contributed by atoms with Crippen molar-refractivity contribution < 1.29 is 50.3 Å². The van der Waals surface area contributed by atoms with Crippen LogP contribution in [0.4, 0.5) is 31.1 Å². The van der Waals surface area contributed by atoms with Crippen molar-refractivity contribution in [1.29, 1.82) is 0 Å². The molecule has 0 bridgehead atoms. The number of likely N-dealkylation sites (tertiary alicyclic amines) is 1. The Morgan fingerprint density at radius 3 is 2.12 bits per heavy atom. The van der Waals surface area contributed by atoms with Crippen molar-refractivity contribution in [3.05, 3.63) is 70.8 Å². The van der Waals surface area contributed by atoms with Gasteiger partial charge in [0.25, 0.3) is 5.91 Å². The van der Waals surface area contributed by atoms with Crippen LogP contribution < -0.4 is 16.0 Å². The predicted octanol–water partition coefficient (Wildman–Crippen LogP) is 5.46. The molecule has 2 aromatic rings. The molecule has 1 aliphatic carbocycles. The Bertz CT molecular complexity index is 1480. The number of hydrogen-bond donors (Lipinski definition) is 3. The van der Waals surface area contributed by atoms with Crippen LogP contribution in [0.15, 0.2) is 48.5 Å². The number of piperidine rings is 1. The van der Waals surface area contributed by atoms with Gasteiger partial charge in [0.1, 0.15) is 6.04 Å². The minimum Gasteiger partial charge on any atom is -0.370 e. The van der Waals surface area contributed by atoms with E-state index >= 15 is 0 Å². The number of hydrogen-bond acceptors (Lipinski definition) is 5. The first kappa shape index (κ1) is 35.2. The smallest absolute Gasteiger partial charge is 0.370 e. The van der Waals surface area contributed by atoms with Crippen molar-refractivity contribution in [2.24, 2.45) is 5.92 Å². The first-order valence-corrected chi connectivity index (χ1v) is 15.8. The molecule has 15 heteroatoms. The van der Waals surface area contributed by atoms with E-state index in [0.717, 1.165) is 5.56 Å². The lowest BCUT2D eigenvalue weighted by atomic mass is 9.83. The van der Waals surface area contributed by atoms with Crippen molar-refractivity contribution in [3.8, 4) is 0 Å². The van der Waals surface area contributed by atoms with Crippen LogP contribution in [0.3, 0.4) is 0 Å². The van der Waals surface area contributed by atoms with E-state index in [1.54, 1.807) is 4.90 Å². The molecule has 9 nitrogen and oxygen atoms in total. The average Bonchev–Trinajstić information content (AvgIpc) is 3.35. The molecule has 0 spiro atoms. The highest BCUT2D eigenvalue weighted by Crippen LogP contribution is 2.40. The summed E-state index contributed by atoms with van der Waals surface area (Å²) in [6.45, 7) is 1.97. The Morgan fingerprint density at radius 2 is 1.56 bits per heavy atom. The lowest BCUT2D eigenvalue weighted by Crippen LogP contribution is -2.49. The first-order valence-electron chi connectivity index (χ1n) is 15.8. The molecular formula is C33H36F6N4O5. The Labute approximate surface area is 272 Å². The number of rotatable bonds is 8. The number of ether oxygens (including phenoxy) is 1. The second-order valence-corrected chi connectivity index (χ2v) is 12.6. The largest absolute Gasteiger partial charge is 0.416 e. The van der Waals surface area contributed by atoms with Crippen LogP contribution in [0, 0.1) is 5.92 Å². The maximum absolute atomic E-state index is 13.7. The van der Waals surface area contributed by atoms with Crippen LogP contribution >= 0.6 is 0 Å². The van der Waals surface area contributed by atoms with Gasteiger partial charge in [0.2, 0.25) is 11.8 Å². The third-order valence-electron chi connectivity index (χ3n) is 9.24. The van der Waals surface area contributed by atoms with Gasteiger partial charge in [-0.1, -0.05) is 30.3 Å². The topological polar surface area (TPSA) is 117 Å². The van der Waals surface area contributed by atoms with Gasteiger partial charge in [0.15, 0.2) is 0 Å². The van der Waals surface area contributed by atoms with Gasteiger partial charge >= 0.3 is 18.4 Å². The quantitative estimate of drug-likeness (QED) is 0.253. The van der Waals surface area contributed by atoms with Crippen LogP contribution in [0.2, 0.25) is 0 Å². The summed E-state index contributed by atoms with van der Waals surface area (Å²) in [5, 5.41) is 7.33. The van der Waals surface area contributed by atoms with Crippen molar-refractivity contribution in [2.45, 2.75) is 88.0 Å². The summed E-state index contributed by atoms with van der Waals surface area (Å²) in [6.07, 6.45) is -9.40. The molecule has 5 amide bonds. The minimum atomic E-state index is -4.98. The van der Waals surface area contributed by atoms with Crippen LogP contribution in [-0.2, 0) is 31.5 Å². The van der Waals surface area contributed by atoms with E-state index in [-0.39, 0.29) is 54.3 Å². The molecule has 0 radical (unpaired) electrons. The van der Waals surface area contributed by atoms with E-state index in [4.69, 9.17) is 4.74 Å². The Balaban J connectivity index is 1.22. The van der Waals surface area contributed by atoms with E-state index in [0.29, 0.717) is 50.8 Å². The average molecular weight is 683 g/mol. The first-order chi connectivity index (χ1) is 22.6. The monoisotopic (exact) mass is 682 g/mol. The van der Waals surface area contributed by atoms with Gasteiger partial charge < -0.3 is 20.3 Å². The summed E-state index contributed by atoms with van der Waals surface area (Å²) < 4.78 is 87.2. The van der Waals surface area contributed by atoms with Crippen molar-refractivity contribution in [2.75, 3.05) is 13.1 Å². The number of benzene rings is 2. The second kappa shape index (κ2) is 14.1. The fourth-order valence-electron chi connectivity index (χ4n) is 6.69. The number of nitrogens with one attached hydrogen (secondary N) is 3. The zero-order valence-corrected chi connectivity index (χ0v) is 26.0. The number of carbonyl (C=O) groups excluding carboxylic acids is 4. The van der Waals surface area contributed by atoms with E-state index < -0.39 is 53.7 Å². The third-order valence-corrected chi connectivity index (χ3v) is 9.24. The number of alkyl halides is 6. The maximum atomic E-state index is 13.7. The zero-order valence-electron chi connectivity index (χ0n) is 26.0. The van der Waals surface area contributed by atoms with Crippen molar-refractivity contribution in [1.82, 2.24) is 20.9 Å². The van der Waals surface area contributed by atoms with E-state index in [9.17, 15) is 45.5 Å². The molecule has 4 atom stereocenters. The summed E-state index contributed by atoms with van der Waals surface area (Å²) in [4.78, 5) is 50.9. The van der Waals surface area contributed by atoms with Gasteiger partial charge in [-0.2, -0.15) is 26.3 Å². The number of carbonyl (C=O) groups is 4. The maximum Gasteiger partial charge on any atom is 0.416 e. The highest BCUT2D eigenvalue weighted by Gasteiger charge is 2.40. The Morgan fingerprint density at radius 1 is 0.938 bits per heavy atom. The van der Waals surface area contributed by atoms with Crippen LogP contribution in [0.1, 0.15) is 79.7 Å². The lowest BCUT2D eigenvalue weighted by Gasteiger charge is -2.42. The van der Waals surface area contributed by atoms with Gasteiger partial charge in [-0.3, -0.25) is 19.7 Å². The molecule has 260 valence electrons. The molecule has 3 aliphatic rings. The molecule has 5 rings (SSSR count). The Kier molecular flexibility index (Phi) is 10.4. The lowest BCUT2D eigenvalue weighted by molar-refractivity contribution is -0.143. The highest BCUT2D eigenvalue weighted by molar-refractivity contribution is 6.05. The minimum absolute atomic E-state index is 0.0646. The molecule has 2 saturated heterocycles. The Hall–Kier alpha value is -4.14. The second-order valence-electron chi connectivity index (χ2n) is 12.6. The summed E-state index contributed by atoms with van der Waals surface area (Å²) in [6, 6.07) is 8.81. The molecule has 0 aromatic heterocycles. The van der Waals surface area contributed by atoms with Gasteiger partial charge in [0, 0.05) is 31.0 Å².